The molecule has 0 aromatic heterocycles. The summed E-state index contributed by atoms with van der Waals surface area (Å²) in [6.45, 7) is 0.411. The number of benzene rings is 4. The van der Waals surface area contributed by atoms with Crippen molar-refractivity contribution in [3.8, 4) is 11.1 Å². The van der Waals surface area contributed by atoms with E-state index < -0.39 is 0 Å². The maximum atomic E-state index is 12.7. The molecule has 3 N–H and O–H groups in total. The first-order valence-electron chi connectivity index (χ1n) is 10.8. The molecule has 4 aromatic carbocycles. The van der Waals surface area contributed by atoms with E-state index in [1.165, 1.54) is 0 Å². The van der Waals surface area contributed by atoms with Crippen LogP contribution in [-0.2, 0) is 6.54 Å². The van der Waals surface area contributed by atoms with Gasteiger partial charge in [0, 0.05) is 12.1 Å². The Kier molecular flexibility index (Phi) is 7.42. The summed E-state index contributed by atoms with van der Waals surface area (Å²) in [5.74, 6) is -0.569. The first kappa shape index (κ1) is 22.9. The second kappa shape index (κ2) is 11.0. The predicted molar refractivity (Wildman–Crippen MR) is 140 cm³/mol. The smallest absolute Gasteiger partial charge is 0.257 e. The third-order valence-electron chi connectivity index (χ3n) is 5.20. The van der Waals surface area contributed by atoms with Crippen molar-refractivity contribution in [2.24, 2.45) is 0 Å². The van der Waals surface area contributed by atoms with Gasteiger partial charge in [0.1, 0.15) is 0 Å². The molecule has 0 aliphatic rings. The number of thiocarbonyl (C=S) groups is 1. The quantitative estimate of drug-likeness (QED) is 0.333. The fourth-order valence-corrected chi connectivity index (χ4v) is 3.64. The van der Waals surface area contributed by atoms with Gasteiger partial charge in [-0.1, -0.05) is 84.9 Å². The van der Waals surface area contributed by atoms with Crippen LogP contribution in [0.1, 0.15) is 26.3 Å². The Morgan fingerprint density at radius 2 is 1.24 bits per heavy atom. The number of para-hydroxylation sites is 1. The molecule has 5 nitrogen and oxygen atoms in total. The molecule has 6 heteroatoms. The molecular formula is C28H23N3O2S. The van der Waals surface area contributed by atoms with E-state index in [9.17, 15) is 9.59 Å². The summed E-state index contributed by atoms with van der Waals surface area (Å²) < 4.78 is 0. The Hall–Kier alpha value is -4.29. The fourth-order valence-electron chi connectivity index (χ4n) is 3.44. The van der Waals surface area contributed by atoms with E-state index in [2.05, 4.69) is 16.0 Å². The van der Waals surface area contributed by atoms with Crippen LogP contribution in [0.5, 0.6) is 0 Å². The predicted octanol–water partition coefficient (Wildman–Crippen LogP) is 5.41. The fraction of sp³-hybridized carbons (Fsp3) is 0.0357. The highest BCUT2D eigenvalue weighted by Crippen LogP contribution is 2.19. The molecule has 34 heavy (non-hydrogen) atoms. The van der Waals surface area contributed by atoms with E-state index in [-0.39, 0.29) is 16.9 Å². The van der Waals surface area contributed by atoms with Crippen molar-refractivity contribution in [1.29, 1.82) is 0 Å². The Morgan fingerprint density at radius 3 is 1.94 bits per heavy atom. The Morgan fingerprint density at radius 1 is 0.647 bits per heavy atom. The van der Waals surface area contributed by atoms with Crippen molar-refractivity contribution in [3.63, 3.8) is 0 Å². The maximum Gasteiger partial charge on any atom is 0.257 e. The lowest BCUT2D eigenvalue weighted by atomic mass is 10.0. The number of hydrogen-bond acceptors (Lipinski definition) is 3. The first-order chi connectivity index (χ1) is 16.6. The lowest BCUT2D eigenvalue weighted by Gasteiger charge is -2.14. The van der Waals surface area contributed by atoms with E-state index in [4.69, 9.17) is 12.2 Å². The minimum atomic E-state index is -0.330. The minimum Gasteiger partial charge on any atom is -0.348 e. The maximum absolute atomic E-state index is 12.7. The molecule has 0 spiro atoms. The van der Waals surface area contributed by atoms with E-state index in [1.807, 2.05) is 72.8 Å². The van der Waals surface area contributed by atoms with Gasteiger partial charge in [-0.2, -0.15) is 0 Å². The van der Waals surface area contributed by atoms with Gasteiger partial charge >= 0.3 is 0 Å². The monoisotopic (exact) mass is 465 g/mol. The molecule has 0 bridgehead atoms. The van der Waals surface area contributed by atoms with Crippen LogP contribution in [0.25, 0.3) is 11.1 Å². The number of hydrogen-bond donors (Lipinski definition) is 3. The molecule has 0 radical (unpaired) electrons. The van der Waals surface area contributed by atoms with E-state index in [0.29, 0.717) is 23.4 Å². The summed E-state index contributed by atoms with van der Waals surface area (Å²) in [6, 6.07) is 33.9. The molecule has 0 unspecified atom stereocenters. The van der Waals surface area contributed by atoms with Gasteiger partial charge in [0.05, 0.1) is 11.3 Å². The third-order valence-corrected chi connectivity index (χ3v) is 5.40. The topological polar surface area (TPSA) is 70.2 Å². The molecule has 168 valence electrons. The summed E-state index contributed by atoms with van der Waals surface area (Å²) in [6.07, 6.45) is 0. The standard InChI is InChI=1S/C28H23N3O2S/c32-26(23-17-15-22(16-18-23)21-11-5-2-6-12-21)31-28(34)30-25-14-8-7-13-24(25)27(33)29-19-20-9-3-1-4-10-20/h1-18H,19H2,(H,29,33)(H2,30,31,32,34). The molecule has 2 amide bonds. The van der Waals surface area contributed by atoms with Gasteiger partial charge in [0.2, 0.25) is 0 Å². The van der Waals surface area contributed by atoms with Crippen molar-refractivity contribution in [1.82, 2.24) is 10.6 Å². The molecule has 0 atom stereocenters. The number of amides is 2. The summed E-state index contributed by atoms with van der Waals surface area (Å²) in [5, 5.41) is 8.66. The SMILES string of the molecule is O=C(NC(=S)Nc1ccccc1C(=O)NCc1ccccc1)c1ccc(-c2ccccc2)cc1. The number of rotatable bonds is 6. The highest BCUT2D eigenvalue weighted by Gasteiger charge is 2.14. The van der Waals surface area contributed by atoms with Crippen LogP contribution in [-0.4, -0.2) is 16.9 Å². The van der Waals surface area contributed by atoms with Crippen molar-refractivity contribution in [3.05, 3.63) is 126 Å². The zero-order valence-corrected chi connectivity index (χ0v) is 19.1. The van der Waals surface area contributed by atoms with Gasteiger partial charge in [-0.05, 0) is 53.2 Å². The number of anilines is 1. The number of carbonyl (C=O) groups excluding carboxylic acids is 2. The van der Waals surface area contributed by atoms with Crippen LogP contribution in [0.4, 0.5) is 5.69 Å². The average Bonchev–Trinajstić information content (AvgIpc) is 2.89. The molecule has 4 aromatic rings. The van der Waals surface area contributed by atoms with Gasteiger partial charge in [-0.3, -0.25) is 14.9 Å². The van der Waals surface area contributed by atoms with E-state index in [0.717, 1.165) is 16.7 Å². The van der Waals surface area contributed by atoms with Gasteiger partial charge in [-0.15, -0.1) is 0 Å². The number of carbonyl (C=O) groups is 2. The average molecular weight is 466 g/mol. The molecule has 0 aliphatic heterocycles. The highest BCUT2D eigenvalue weighted by molar-refractivity contribution is 7.80. The van der Waals surface area contributed by atoms with Crippen LogP contribution in [0.2, 0.25) is 0 Å². The van der Waals surface area contributed by atoms with Gasteiger partial charge in [0.15, 0.2) is 5.11 Å². The van der Waals surface area contributed by atoms with E-state index in [1.54, 1.807) is 36.4 Å². The summed E-state index contributed by atoms with van der Waals surface area (Å²) >= 11 is 5.33. The van der Waals surface area contributed by atoms with Gasteiger partial charge < -0.3 is 10.6 Å². The van der Waals surface area contributed by atoms with Crippen LogP contribution in [0.3, 0.4) is 0 Å². The van der Waals surface area contributed by atoms with Crippen LogP contribution in [0.15, 0.2) is 109 Å². The lowest BCUT2D eigenvalue weighted by molar-refractivity contribution is 0.0950. The largest absolute Gasteiger partial charge is 0.348 e. The van der Waals surface area contributed by atoms with Crippen molar-refractivity contribution < 1.29 is 9.59 Å². The number of nitrogens with one attached hydrogen (secondary N) is 3. The third kappa shape index (κ3) is 5.94. The summed E-state index contributed by atoms with van der Waals surface area (Å²) in [4.78, 5) is 25.4. The molecule has 0 heterocycles. The first-order valence-corrected chi connectivity index (χ1v) is 11.2. The summed E-state index contributed by atoms with van der Waals surface area (Å²) in [5.41, 5.74) is 4.53. The molecule has 0 aliphatic carbocycles. The Balaban J connectivity index is 1.37. The second-order valence-corrected chi connectivity index (χ2v) is 7.97. The zero-order valence-electron chi connectivity index (χ0n) is 18.3. The zero-order chi connectivity index (χ0) is 23.8. The molecule has 0 saturated carbocycles. The highest BCUT2D eigenvalue weighted by atomic mass is 32.1. The molecular weight excluding hydrogens is 442 g/mol. The Labute approximate surface area is 203 Å². The van der Waals surface area contributed by atoms with Crippen LogP contribution >= 0.6 is 12.2 Å². The van der Waals surface area contributed by atoms with Crippen molar-refractivity contribution >= 4 is 34.8 Å². The molecule has 0 saturated heterocycles. The minimum absolute atomic E-state index is 0.112. The van der Waals surface area contributed by atoms with Crippen molar-refractivity contribution in [2.45, 2.75) is 6.54 Å². The Bertz CT molecular complexity index is 1290. The molecule has 0 fully saturated rings. The second-order valence-electron chi connectivity index (χ2n) is 7.57. The molecule has 4 rings (SSSR count). The van der Waals surface area contributed by atoms with Gasteiger partial charge in [0.25, 0.3) is 11.8 Å². The normalized spacial score (nSPS) is 10.2. The van der Waals surface area contributed by atoms with Crippen LogP contribution < -0.4 is 16.0 Å². The van der Waals surface area contributed by atoms with E-state index >= 15 is 0 Å². The summed E-state index contributed by atoms with van der Waals surface area (Å²) in [7, 11) is 0. The van der Waals surface area contributed by atoms with Crippen LogP contribution in [0, 0.1) is 0 Å². The lowest BCUT2D eigenvalue weighted by Crippen LogP contribution is -2.35. The van der Waals surface area contributed by atoms with Gasteiger partial charge in [-0.25, -0.2) is 0 Å². The van der Waals surface area contributed by atoms with Crippen molar-refractivity contribution in [2.75, 3.05) is 5.32 Å².